The molecule has 7 rings (SSSR count). The molecule has 0 radical (unpaired) electrons. The molecule has 17 nitrogen and oxygen atoms in total. The maximum atomic E-state index is 15.5. The third-order valence-corrected chi connectivity index (χ3v) is 15.4. The van der Waals surface area contributed by atoms with Crippen LogP contribution in [-0.2, 0) is 47.2 Å². The van der Waals surface area contributed by atoms with Gasteiger partial charge >= 0.3 is 0 Å². The van der Waals surface area contributed by atoms with Gasteiger partial charge in [-0.25, -0.2) is 4.98 Å². The molecule has 7 amide bonds. The van der Waals surface area contributed by atoms with E-state index in [0.717, 1.165) is 22.4 Å². The fourth-order valence-electron chi connectivity index (χ4n) is 10.2. The molecule has 0 aliphatic carbocycles. The zero-order valence-electron chi connectivity index (χ0n) is 48.7. The third-order valence-electron chi connectivity index (χ3n) is 15.4. The Labute approximate surface area is 493 Å². The van der Waals surface area contributed by atoms with E-state index in [-0.39, 0.29) is 18.1 Å². The molecule has 0 bridgehead atoms. The maximum Gasteiger partial charge on any atom is 0.247 e. The normalized spacial score (nSPS) is 12.8. The highest BCUT2D eigenvalue weighted by Gasteiger charge is 2.36. The van der Waals surface area contributed by atoms with Crippen LogP contribution >= 0.6 is 0 Å². The molecule has 0 fully saturated rings. The summed E-state index contributed by atoms with van der Waals surface area (Å²) >= 11 is 0. The van der Waals surface area contributed by atoms with E-state index in [1.165, 1.54) is 29.4 Å². The Kier molecular flexibility index (Phi) is 22.2. The SMILES string of the molecule is C=C(c1ccccc1)N(CC(=O)N(CC(=O)N(CC(=O)N(CC(N)=O)[C@@H](C)c1ccccc1)[C@@H](C)c1ccccc1)[C@@H](C)c1ccccc1)C(=O)CN(C(=O)CN(C(=O)CNCc1cncn1C)[C@@H](C)c1ccccc1)[C@@H](C)c1ccccc1. The van der Waals surface area contributed by atoms with E-state index in [1.54, 1.807) is 57.6 Å². The van der Waals surface area contributed by atoms with Gasteiger partial charge in [-0.05, 0) is 68.0 Å². The molecule has 1 aromatic heterocycles. The van der Waals surface area contributed by atoms with Gasteiger partial charge in [0.25, 0.3) is 0 Å². The van der Waals surface area contributed by atoms with Gasteiger partial charge < -0.3 is 45.0 Å². The van der Waals surface area contributed by atoms with Crippen molar-refractivity contribution in [2.75, 3.05) is 45.8 Å². The number of amides is 7. The monoisotopic (exact) mass is 1130 g/mol. The summed E-state index contributed by atoms with van der Waals surface area (Å²) in [5.41, 5.74) is 10.9. The predicted octanol–water partition coefficient (Wildman–Crippen LogP) is 8.44. The van der Waals surface area contributed by atoms with Crippen molar-refractivity contribution < 1.29 is 33.6 Å². The number of hydrogen-bond donors (Lipinski definition) is 2. The van der Waals surface area contributed by atoms with Crippen molar-refractivity contribution in [1.29, 1.82) is 0 Å². The van der Waals surface area contributed by atoms with E-state index in [4.69, 9.17) is 5.73 Å². The van der Waals surface area contributed by atoms with Crippen molar-refractivity contribution >= 4 is 47.0 Å². The van der Waals surface area contributed by atoms with Crippen molar-refractivity contribution in [2.45, 2.75) is 71.4 Å². The number of nitrogens with one attached hydrogen (secondary N) is 1. The molecule has 0 spiro atoms. The summed E-state index contributed by atoms with van der Waals surface area (Å²) in [4.78, 5) is 116. The highest BCUT2D eigenvalue weighted by Crippen LogP contribution is 2.29. The van der Waals surface area contributed by atoms with Gasteiger partial charge in [-0.1, -0.05) is 189 Å². The number of rotatable bonds is 28. The summed E-state index contributed by atoms with van der Waals surface area (Å²) in [6, 6.07) is 51.7. The van der Waals surface area contributed by atoms with Crippen LogP contribution in [-0.4, -0.2) is 126 Å². The first-order chi connectivity index (χ1) is 40.4. The van der Waals surface area contributed by atoms with Crippen LogP contribution < -0.4 is 11.1 Å². The van der Waals surface area contributed by atoms with Gasteiger partial charge in [-0.2, -0.15) is 0 Å². The van der Waals surface area contributed by atoms with Crippen LogP contribution in [0.25, 0.3) is 5.70 Å². The summed E-state index contributed by atoms with van der Waals surface area (Å²) < 4.78 is 1.85. The van der Waals surface area contributed by atoms with Gasteiger partial charge in [-0.15, -0.1) is 0 Å². The van der Waals surface area contributed by atoms with Crippen LogP contribution in [0.4, 0.5) is 0 Å². The minimum absolute atomic E-state index is 0.101. The van der Waals surface area contributed by atoms with E-state index in [1.807, 2.05) is 183 Å². The average molecular weight is 1130 g/mol. The molecule has 7 aromatic rings. The lowest BCUT2D eigenvalue weighted by Gasteiger charge is -2.38. The molecule has 3 N–H and O–H groups in total. The number of aromatic nitrogens is 2. The number of carbonyl (C=O) groups is 7. The number of carbonyl (C=O) groups excluding carboxylic acids is 7. The Morgan fingerprint density at radius 2 is 0.738 bits per heavy atom. The molecule has 0 saturated heterocycles. The highest BCUT2D eigenvalue weighted by atomic mass is 16.2. The quantitative estimate of drug-likeness (QED) is 0.0484. The van der Waals surface area contributed by atoms with Gasteiger partial charge in [0, 0.05) is 25.5 Å². The first-order valence-electron chi connectivity index (χ1n) is 28.1. The Morgan fingerprint density at radius 1 is 0.440 bits per heavy atom. The number of imidazole rings is 1. The van der Waals surface area contributed by atoms with Crippen LogP contribution in [0.2, 0.25) is 0 Å². The number of nitrogens with two attached hydrogens (primary N) is 1. The van der Waals surface area contributed by atoms with E-state index >= 15 is 19.2 Å². The van der Waals surface area contributed by atoms with E-state index < -0.39 is 105 Å². The zero-order chi connectivity index (χ0) is 60.3. The van der Waals surface area contributed by atoms with E-state index in [0.29, 0.717) is 23.2 Å². The second-order valence-electron chi connectivity index (χ2n) is 20.9. The first-order valence-corrected chi connectivity index (χ1v) is 28.1. The number of aryl methyl sites for hydroxylation is 1. The Hall–Kier alpha value is -9.48. The summed E-state index contributed by atoms with van der Waals surface area (Å²) in [5, 5.41) is 3.21. The lowest BCUT2D eigenvalue weighted by Crippen LogP contribution is -2.52. The standard InChI is InChI=1S/C67H76N10O7/c1-48(54-26-14-8-15-27-54)72(41-61(68)78)63(80)43-74(50(3)56-30-18-10-19-31-56)65(82)45-76(52(5)58-34-22-12-23-35-58)67(84)46-77(53(6)59-36-24-13-25-37-59)66(83)44-75(51(4)57-32-20-11-21-33-57)64(81)42-73(49(2)55-28-16-9-17-29-55)62(79)40-69-38-60-39-70-47-71(60)7/h8-37,39,47-52,69H,6,38,40-46H2,1-5,7H3,(H2,68,78)/t48-,49-,50-,51-,52-/m0/s1. The molecule has 0 unspecified atom stereocenters. The molecule has 0 aliphatic rings. The molecule has 1 heterocycles. The topological polar surface area (TPSA) is 195 Å². The largest absolute Gasteiger partial charge is 0.368 e. The van der Waals surface area contributed by atoms with Crippen molar-refractivity contribution in [3.05, 3.63) is 240 Å². The van der Waals surface area contributed by atoms with E-state index in [9.17, 15) is 14.4 Å². The molecular weight excluding hydrogens is 1060 g/mol. The van der Waals surface area contributed by atoms with Crippen molar-refractivity contribution in [1.82, 2.24) is 44.3 Å². The number of nitrogens with zero attached hydrogens (tertiary/aromatic N) is 8. The van der Waals surface area contributed by atoms with Crippen LogP contribution in [0.3, 0.4) is 0 Å². The van der Waals surface area contributed by atoms with Gasteiger partial charge in [0.15, 0.2) is 0 Å². The van der Waals surface area contributed by atoms with Gasteiger partial charge in [0.05, 0.1) is 55.3 Å². The number of benzene rings is 6. The lowest BCUT2D eigenvalue weighted by molar-refractivity contribution is -0.149. The molecule has 6 aromatic carbocycles. The molecule has 0 saturated carbocycles. The Morgan fingerprint density at radius 3 is 1.06 bits per heavy atom. The predicted molar refractivity (Wildman–Crippen MR) is 324 cm³/mol. The molecule has 17 heteroatoms. The number of hydrogen-bond acceptors (Lipinski definition) is 9. The number of primary amides is 1. The molecule has 0 aliphatic heterocycles. The third kappa shape index (κ3) is 16.4. The summed E-state index contributed by atoms with van der Waals surface area (Å²) in [6.45, 7) is 10.6. The second kappa shape index (κ2) is 30.0. The van der Waals surface area contributed by atoms with Gasteiger partial charge in [0.1, 0.15) is 32.7 Å². The molecule has 5 atom stereocenters. The van der Waals surface area contributed by atoms with Crippen molar-refractivity contribution in [3.8, 4) is 0 Å². The van der Waals surface area contributed by atoms with Gasteiger partial charge in [0.2, 0.25) is 41.4 Å². The van der Waals surface area contributed by atoms with E-state index in [2.05, 4.69) is 16.9 Å². The fraction of sp³-hybridized carbons (Fsp3) is 0.284. The van der Waals surface area contributed by atoms with Gasteiger partial charge in [-0.3, -0.25) is 33.6 Å². The Balaban J connectivity index is 1.23. The van der Waals surface area contributed by atoms with Crippen molar-refractivity contribution in [3.63, 3.8) is 0 Å². The van der Waals surface area contributed by atoms with Crippen LogP contribution in [0.5, 0.6) is 0 Å². The van der Waals surface area contributed by atoms with Crippen LogP contribution in [0.1, 0.15) is 104 Å². The van der Waals surface area contributed by atoms with Crippen molar-refractivity contribution in [2.24, 2.45) is 12.8 Å². The van der Waals surface area contributed by atoms with Crippen LogP contribution in [0.15, 0.2) is 201 Å². The molecule has 436 valence electrons. The highest BCUT2D eigenvalue weighted by molar-refractivity contribution is 5.96. The molecular formula is C67H76N10O7. The minimum Gasteiger partial charge on any atom is -0.368 e. The summed E-state index contributed by atoms with van der Waals surface area (Å²) in [6.07, 6.45) is 3.38. The summed E-state index contributed by atoms with van der Waals surface area (Å²) in [5.74, 6) is -4.05. The van der Waals surface area contributed by atoms with Crippen LogP contribution in [0, 0.1) is 0 Å². The smallest absolute Gasteiger partial charge is 0.247 e. The fourth-order valence-corrected chi connectivity index (χ4v) is 10.2. The average Bonchev–Trinajstić information content (AvgIpc) is 4.03. The lowest BCUT2D eigenvalue weighted by atomic mass is 10.0. The molecule has 84 heavy (non-hydrogen) atoms. The maximum absolute atomic E-state index is 15.5. The first kappa shape index (κ1) is 62.1. The minimum atomic E-state index is -0.761. The zero-order valence-corrected chi connectivity index (χ0v) is 48.7. The second-order valence-corrected chi connectivity index (χ2v) is 20.9. The Bertz CT molecular complexity index is 3310. The summed E-state index contributed by atoms with van der Waals surface area (Å²) in [7, 11) is 1.86.